The number of aromatic nitrogens is 2. The van der Waals surface area contributed by atoms with Gasteiger partial charge in [0, 0.05) is 70.9 Å². The Bertz CT molecular complexity index is 1190. The highest BCUT2D eigenvalue weighted by atomic mass is 16.5. The summed E-state index contributed by atoms with van der Waals surface area (Å²) >= 11 is 0. The molecule has 2 fully saturated rings. The predicted octanol–water partition coefficient (Wildman–Crippen LogP) is 2.68. The highest BCUT2D eigenvalue weighted by molar-refractivity contribution is 5.95. The fourth-order valence-electron chi connectivity index (χ4n) is 4.85. The van der Waals surface area contributed by atoms with Crippen LogP contribution < -0.4 is 20.3 Å². The molecule has 0 spiro atoms. The minimum Gasteiger partial charge on any atom is -0.378 e. The highest BCUT2D eigenvalue weighted by Gasteiger charge is 2.21. The number of benzene rings is 1. The second kappa shape index (κ2) is 9.64. The van der Waals surface area contributed by atoms with Crippen LogP contribution in [0.4, 0.5) is 23.0 Å². The van der Waals surface area contributed by atoms with Crippen molar-refractivity contribution in [3.63, 3.8) is 0 Å². The van der Waals surface area contributed by atoms with Crippen LogP contribution in [0.3, 0.4) is 0 Å². The van der Waals surface area contributed by atoms with Crippen molar-refractivity contribution < 1.29 is 4.74 Å². The minimum absolute atomic E-state index is 0.0286. The Morgan fingerprint density at radius 1 is 0.971 bits per heavy atom. The van der Waals surface area contributed by atoms with Gasteiger partial charge < -0.3 is 28.9 Å². The number of likely N-dealkylation sites (N-methyl/N-ethyl adjacent to an activating group) is 1. The molecule has 2 saturated heterocycles. The number of aryl methyl sites for hydroxylation is 1. The molecule has 34 heavy (non-hydrogen) atoms. The van der Waals surface area contributed by atoms with Crippen LogP contribution in [0.15, 0.2) is 47.4 Å². The second-order valence-electron chi connectivity index (χ2n) is 9.10. The zero-order chi connectivity index (χ0) is 23.7. The maximum Gasteiger partial charge on any atom is 0.261 e. The third-order valence-electron chi connectivity index (χ3n) is 7.10. The van der Waals surface area contributed by atoms with E-state index in [4.69, 9.17) is 9.72 Å². The van der Waals surface area contributed by atoms with Gasteiger partial charge in [-0.3, -0.25) is 4.79 Å². The topological polar surface area (TPSA) is 57.1 Å². The SMILES string of the molecule is CCN1CCN(c2cc3ccn(C)c(=O)c3c(N(C)c3ccc(N4CCOCC4)cc3)n2)CC1. The quantitative estimate of drug-likeness (QED) is 0.578. The van der Waals surface area contributed by atoms with Gasteiger partial charge in [-0.05, 0) is 48.3 Å². The van der Waals surface area contributed by atoms with Crippen molar-refractivity contribution in [3.05, 3.63) is 52.9 Å². The molecule has 2 aromatic heterocycles. The molecule has 0 amide bonds. The average molecular weight is 463 g/mol. The summed E-state index contributed by atoms with van der Waals surface area (Å²) in [4.78, 5) is 27.4. The van der Waals surface area contributed by atoms with Crippen LogP contribution in [-0.2, 0) is 11.8 Å². The van der Waals surface area contributed by atoms with Gasteiger partial charge >= 0.3 is 0 Å². The van der Waals surface area contributed by atoms with Crippen LogP contribution in [0.25, 0.3) is 10.8 Å². The largest absolute Gasteiger partial charge is 0.378 e. The molecular formula is C26H34N6O2. The Morgan fingerprint density at radius 2 is 1.68 bits per heavy atom. The zero-order valence-corrected chi connectivity index (χ0v) is 20.4. The highest BCUT2D eigenvalue weighted by Crippen LogP contribution is 2.32. The number of pyridine rings is 2. The number of hydrogen-bond donors (Lipinski definition) is 0. The lowest BCUT2D eigenvalue weighted by molar-refractivity contribution is 0.122. The van der Waals surface area contributed by atoms with Crippen LogP contribution in [-0.4, -0.2) is 80.5 Å². The van der Waals surface area contributed by atoms with E-state index in [0.717, 1.165) is 75.9 Å². The van der Waals surface area contributed by atoms with Crippen molar-refractivity contribution in [3.8, 4) is 0 Å². The number of nitrogens with zero attached hydrogens (tertiary/aromatic N) is 6. The number of anilines is 4. The lowest BCUT2D eigenvalue weighted by Crippen LogP contribution is -2.46. The first-order valence-corrected chi connectivity index (χ1v) is 12.2. The van der Waals surface area contributed by atoms with E-state index >= 15 is 0 Å². The van der Waals surface area contributed by atoms with Crippen molar-refractivity contribution in [1.29, 1.82) is 0 Å². The monoisotopic (exact) mass is 462 g/mol. The van der Waals surface area contributed by atoms with E-state index in [0.29, 0.717) is 11.2 Å². The first-order chi connectivity index (χ1) is 16.5. The van der Waals surface area contributed by atoms with E-state index in [1.54, 1.807) is 11.6 Å². The van der Waals surface area contributed by atoms with E-state index < -0.39 is 0 Å². The van der Waals surface area contributed by atoms with Gasteiger partial charge in [0.15, 0.2) is 0 Å². The Balaban J connectivity index is 1.51. The molecule has 2 aliphatic rings. The fourth-order valence-corrected chi connectivity index (χ4v) is 4.85. The lowest BCUT2D eigenvalue weighted by atomic mass is 10.1. The molecule has 3 aromatic rings. The van der Waals surface area contributed by atoms with Crippen LogP contribution in [0.5, 0.6) is 0 Å². The first-order valence-electron chi connectivity index (χ1n) is 12.2. The molecule has 0 unspecified atom stereocenters. The van der Waals surface area contributed by atoms with Crippen molar-refractivity contribution >= 4 is 33.8 Å². The summed E-state index contributed by atoms with van der Waals surface area (Å²) in [6.07, 6.45) is 1.84. The summed E-state index contributed by atoms with van der Waals surface area (Å²) in [6.45, 7) is 10.6. The van der Waals surface area contributed by atoms with E-state index in [1.807, 2.05) is 24.2 Å². The van der Waals surface area contributed by atoms with Crippen molar-refractivity contribution in [1.82, 2.24) is 14.5 Å². The summed E-state index contributed by atoms with van der Waals surface area (Å²) in [5, 5.41) is 1.58. The predicted molar refractivity (Wildman–Crippen MR) is 139 cm³/mol. The maximum atomic E-state index is 13.2. The van der Waals surface area contributed by atoms with Gasteiger partial charge in [-0.1, -0.05) is 6.92 Å². The Hall–Kier alpha value is -3.10. The summed E-state index contributed by atoms with van der Waals surface area (Å²) in [7, 11) is 3.79. The van der Waals surface area contributed by atoms with Crippen LogP contribution >= 0.6 is 0 Å². The molecule has 8 nitrogen and oxygen atoms in total. The lowest BCUT2D eigenvalue weighted by Gasteiger charge is -2.35. The molecule has 8 heteroatoms. The summed E-state index contributed by atoms with van der Waals surface area (Å²) in [5.41, 5.74) is 2.17. The standard InChI is InChI=1S/C26H34N6O2/c1-4-30-11-13-32(14-12-30)23-19-20-9-10-28(2)26(33)24(20)25(27-23)29(3)21-5-7-22(8-6-21)31-15-17-34-18-16-31/h5-10,19H,4,11-18H2,1-3H3. The van der Waals surface area contributed by atoms with E-state index in [-0.39, 0.29) is 5.56 Å². The summed E-state index contributed by atoms with van der Waals surface area (Å²) in [6, 6.07) is 12.6. The van der Waals surface area contributed by atoms with Gasteiger partial charge in [0.2, 0.25) is 0 Å². The molecular weight excluding hydrogens is 428 g/mol. The van der Waals surface area contributed by atoms with E-state index in [1.165, 1.54) is 5.69 Å². The summed E-state index contributed by atoms with van der Waals surface area (Å²) < 4.78 is 7.11. The Kier molecular flexibility index (Phi) is 6.43. The normalized spacial score (nSPS) is 17.4. The number of piperazine rings is 1. The molecule has 0 atom stereocenters. The van der Waals surface area contributed by atoms with Crippen molar-refractivity contribution in [2.75, 3.05) is 80.8 Å². The average Bonchev–Trinajstić information content (AvgIpc) is 2.90. The van der Waals surface area contributed by atoms with Gasteiger partial charge in [-0.25, -0.2) is 4.98 Å². The van der Waals surface area contributed by atoms with E-state index in [2.05, 4.69) is 52.0 Å². The second-order valence-corrected chi connectivity index (χ2v) is 9.10. The van der Waals surface area contributed by atoms with Crippen LogP contribution in [0.2, 0.25) is 0 Å². The molecule has 5 rings (SSSR count). The molecule has 0 N–H and O–H groups in total. The van der Waals surface area contributed by atoms with Crippen LogP contribution in [0.1, 0.15) is 6.92 Å². The number of hydrogen-bond acceptors (Lipinski definition) is 7. The third kappa shape index (κ3) is 4.35. The molecule has 0 radical (unpaired) electrons. The Labute approximate surface area is 201 Å². The maximum absolute atomic E-state index is 13.2. The smallest absolute Gasteiger partial charge is 0.261 e. The van der Waals surface area contributed by atoms with Gasteiger partial charge in [0.25, 0.3) is 5.56 Å². The molecule has 0 bridgehead atoms. The molecule has 0 saturated carbocycles. The zero-order valence-electron chi connectivity index (χ0n) is 20.4. The van der Waals surface area contributed by atoms with Gasteiger partial charge in [0.1, 0.15) is 11.6 Å². The van der Waals surface area contributed by atoms with Gasteiger partial charge in [0.05, 0.1) is 18.6 Å². The number of rotatable bonds is 5. The van der Waals surface area contributed by atoms with E-state index in [9.17, 15) is 4.79 Å². The minimum atomic E-state index is -0.0286. The Morgan fingerprint density at radius 3 is 2.35 bits per heavy atom. The third-order valence-corrected chi connectivity index (χ3v) is 7.10. The van der Waals surface area contributed by atoms with Gasteiger partial charge in [-0.15, -0.1) is 0 Å². The summed E-state index contributed by atoms with van der Waals surface area (Å²) in [5.74, 6) is 1.63. The molecule has 180 valence electrons. The molecule has 0 aliphatic carbocycles. The fraction of sp³-hybridized carbons (Fsp3) is 0.462. The van der Waals surface area contributed by atoms with Crippen LogP contribution in [0, 0.1) is 0 Å². The molecule has 1 aromatic carbocycles. The van der Waals surface area contributed by atoms with Gasteiger partial charge in [-0.2, -0.15) is 0 Å². The number of morpholine rings is 1. The number of fused-ring (bicyclic) bond motifs is 1. The number of ether oxygens (including phenoxy) is 1. The molecule has 4 heterocycles. The van der Waals surface area contributed by atoms with Crippen molar-refractivity contribution in [2.45, 2.75) is 6.92 Å². The first kappa shape index (κ1) is 22.7. The van der Waals surface area contributed by atoms with Crippen molar-refractivity contribution in [2.24, 2.45) is 7.05 Å². The molecule has 2 aliphatic heterocycles.